The van der Waals surface area contributed by atoms with Gasteiger partial charge in [-0.05, 0) is 49.3 Å². The first kappa shape index (κ1) is 15.4. The largest absolute Gasteiger partial charge is 0.497 e. The SMILES string of the molecule is CC#CC(=O)NC(c1cccc(OC)c1)C1CCCCC1. The zero-order valence-electron chi connectivity index (χ0n) is 12.8. The third-order valence-electron chi connectivity index (χ3n) is 4.10. The molecule has 1 amide bonds. The fourth-order valence-electron chi connectivity index (χ4n) is 3.07. The molecular formula is C18H23NO2. The van der Waals surface area contributed by atoms with Gasteiger partial charge in [-0.25, -0.2) is 0 Å². The van der Waals surface area contributed by atoms with Crippen molar-refractivity contribution in [2.24, 2.45) is 5.92 Å². The molecule has 1 aliphatic rings. The molecule has 0 aliphatic heterocycles. The Hall–Kier alpha value is -1.95. The summed E-state index contributed by atoms with van der Waals surface area (Å²) in [4.78, 5) is 11.9. The topological polar surface area (TPSA) is 38.3 Å². The van der Waals surface area contributed by atoms with Crippen molar-refractivity contribution in [2.75, 3.05) is 7.11 Å². The highest BCUT2D eigenvalue weighted by atomic mass is 16.5. The molecule has 0 spiro atoms. The molecule has 1 fully saturated rings. The minimum atomic E-state index is -0.198. The number of rotatable bonds is 4. The highest BCUT2D eigenvalue weighted by Gasteiger charge is 2.26. The lowest BCUT2D eigenvalue weighted by atomic mass is 9.81. The monoisotopic (exact) mass is 285 g/mol. The van der Waals surface area contributed by atoms with Gasteiger partial charge in [0.05, 0.1) is 13.2 Å². The van der Waals surface area contributed by atoms with E-state index in [-0.39, 0.29) is 11.9 Å². The van der Waals surface area contributed by atoms with Gasteiger partial charge >= 0.3 is 0 Å². The summed E-state index contributed by atoms with van der Waals surface area (Å²) in [6, 6.07) is 7.99. The maximum Gasteiger partial charge on any atom is 0.296 e. The van der Waals surface area contributed by atoms with Gasteiger partial charge in [-0.1, -0.05) is 37.3 Å². The first-order valence-electron chi connectivity index (χ1n) is 7.62. The number of benzene rings is 1. The van der Waals surface area contributed by atoms with Crippen LogP contribution in [0.1, 0.15) is 50.6 Å². The Morgan fingerprint density at radius 1 is 1.33 bits per heavy atom. The lowest BCUT2D eigenvalue weighted by molar-refractivity contribution is -0.116. The van der Waals surface area contributed by atoms with Crippen molar-refractivity contribution >= 4 is 5.91 Å². The number of hydrogen-bond donors (Lipinski definition) is 1. The van der Waals surface area contributed by atoms with E-state index in [1.54, 1.807) is 14.0 Å². The molecule has 112 valence electrons. The second kappa shape index (κ2) is 7.73. The molecule has 3 heteroatoms. The number of carbonyl (C=O) groups excluding carboxylic acids is 1. The van der Waals surface area contributed by atoms with Crippen LogP contribution in [0.15, 0.2) is 24.3 Å². The van der Waals surface area contributed by atoms with Crippen molar-refractivity contribution in [1.82, 2.24) is 5.32 Å². The van der Waals surface area contributed by atoms with Gasteiger partial charge in [0, 0.05) is 0 Å². The molecule has 0 heterocycles. The van der Waals surface area contributed by atoms with E-state index in [0.29, 0.717) is 5.92 Å². The second-order valence-corrected chi connectivity index (χ2v) is 5.50. The van der Waals surface area contributed by atoms with Crippen LogP contribution in [0.4, 0.5) is 0 Å². The summed E-state index contributed by atoms with van der Waals surface area (Å²) in [7, 11) is 1.66. The predicted molar refractivity (Wildman–Crippen MR) is 83.9 cm³/mol. The van der Waals surface area contributed by atoms with Crippen LogP contribution in [0.2, 0.25) is 0 Å². The first-order chi connectivity index (χ1) is 10.2. The lowest BCUT2D eigenvalue weighted by Crippen LogP contribution is -2.33. The van der Waals surface area contributed by atoms with E-state index in [4.69, 9.17) is 4.74 Å². The Bertz CT molecular complexity index is 536. The van der Waals surface area contributed by atoms with Crippen LogP contribution in [-0.2, 0) is 4.79 Å². The van der Waals surface area contributed by atoms with Crippen molar-refractivity contribution in [3.05, 3.63) is 29.8 Å². The van der Waals surface area contributed by atoms with E-state index in [1.165, 1.54) is 19.3 Å². The highest BCUT2D eigenvalue weighted by molar-refractivity contribution is 5.93. The van der Waals surface area contributed by atoms with E-state index in [1.807, 2.05) is 18.2 Å². The summed E-state index contributed by atoms with van der Waals surface area (Å²) in [5.41, 5.74) is 1.10. The Morgan fingerprint density at radius 3 is 2.76 bits per heavy atom. The van der Waals surface area contributed by atoms with Crippen LogP contribution in [0.25, 0.3) is 0 Å². The second-order valence-electron chi connectivity index (χ2n) is 5.50. The first-order valence-corrected chi connectivity index (χ1v) is 7.62. The van der Waals surface area contributed by atoms with Gasteiger partial charge < -0.3 is 10.1 Å². The third-order valence-corrected chi connectivity index (χ3v) is 4.10. The van der Waals surface area contributed by atoms with Gasteiger partial charge in [0.2, 0.25) is 0 Å². The van der Waals surface area contributed by atoms with E-state index >= 15 is 0 Å². The van der Waals surface area contributed by atoms with Gasteiger partial charge in [0.25, 0.3) is 5.91 Å². The van der Waals surface area contributed by atoms with Crippen LogP contribution in [0, 0.1) is 17.8 Å². The Labute approximate surface area is 127 Å². The summed E-state index contributed by atoms with van der Waals surface area (Å²) in [5, 5.41) is 3.09. The zero-order chi connectivity index (χ0) is 15.1. The molecule has 0 aromatic heterocycles. The third kappa shape index (κ3) is 4.26. The van der Waals surface area contributed by atoms with Crippen LogP contribution < -0.4 is 10.1 Å². The number of methoxy groups -OCH3 is 1. The molecule has 1 atom stereocenters. The molecule has 3 nitrogen and oxygen atoms in total. The van der Waals surface area contributed by atoms with E-state index in [0.717, 1.165) is 24.2 Å². The van der Waals surface area contributed by atoms with E-state index in [9.17, 15) is 4.79 Å². The zero-order valence-corrected chi connectivity index (χ0v) is 12.8. The van der Waals surface area contributed by atoms with Gasteiger partial charge in [-0.15, -0.1) is 0 Å². The molecule has 0 bridgehead atoms. The molecule has 1 aliphatic carbocycles. The fraction of sp³-hybridized carbons (Fsp3) is 0.500. The van der Waals surface area contributed by atoms with E-state index < -0.39 is 0 Å². The Kier molecular flexibility index (Phi) is 5.68. The minimum Gasteiger partial charge on any atom is -0.497 e. The fourth-order valence-corrected chi connectivity index (χ4v) is 3.07. The quantitative estimate of drug-likeness (QED) is 0.860. The summed E-state index contributed by atoms with van der Waals surface area (Å²) in [6.45, 7) is 1.68. The summed E-state index contributed by atoms with van der Waals surface area (Å²) >= 11 is 0. The molecule has 21 heavy (non-hydrogen) atoms. The maximum absolute atomic E-state index is 11.9. The highest BCUT2D eigenvalue weighted by Crippen LogP contribution is 2.35. The number of ether oxygens (including phenoxy) is 1. The molecule has 1 N–H and O–H groups in total. The number of hydrogen-bond acceptors (Lipinski definition) is 2. The summed E-state index contributed by atoms with van der Waals surface area (Å²) < 4.78 is 5.30. The molecule has 1 aromatic rings. The lowest BCUT2D eigenvalue weighted by Gasteiger charge is -2.31. The van der Waals surface area contributed by atoms with Gasteiger partial charge in [0.1, 0.15) is 5.75 Å². The smallest absolute Gasteiger partial charge is 0.296 e. The van der Waals surface area contributed by atoms with Crippen LogP contribution in [0.5, 0.6) is 5.75 Å². The average Bonchev–Trinajstić information content (AvgIpc) is 2.54. The molecule has 2 rings (SSSR count). The molecule has 1 saturated carbocycles. The molecule has 1 unspecified atom stereocenters. The predicted octanol–water partition coefficient (Wildman–Crippen LogP) is 3.46. The van der Waals surface area contributed by atoms with E-state index in [2.05, 4.69) is 23.2 Å². The number of carbonyl (C=O) groups is 1. The summed E-state index contributed by atoms with van der Waals surface area (Å²) in [6.07, 6.45) is 6.08. The minimum absolute atomic E-state index is 0.0220. The van der Waals surface area contributed by atoms with Gasteiger partial charge in [0.15, 0.2) is 0 Å². The van der Waals surface area contributed by atoms with Crippen molar-refractivity contribution in [3.8, 4) is 17.6 Å². The van der Waals surface area contributed by atoms with Crippen molar-refractivity contribution in [2.45, 2.75) is 45.1 Å². The number of nitrogens with one attached hydrogen (secondary N) is 1. The van der Waals surface area contributed by atoms with Crippen molar-refractivity contribution in [3.63, 3.8) is 0 Å². The van der Waals surface area contributed by atoms with Crippen molar-refractivity contribution in [1.29, 1.82) is 0 Å². The standard InChI is InChI=1S/C18H23NO2/c1-3-8-17(20)19-18(14-9-5-4-6-10-14)15-11-7-12-16(13-15)21-2/h7,11-14,18H,4-6,9-10H2,1-2H3,(H,19,20). The molecule has 0 radical (unpaired) electrons. The van der Waals surface area contributed by atoms with Crippen molar-refractivity contribution < 1.29 is 9.53 Å². The normalized spacial score (nSPS) is 16.5. The molecule has 0 saturated heterocycles. The summed E-state index contributed by atoms with van der Waals surface area (Å²) in [5.74, 6) is 6.35. The molecular weight excluding hydrogens is 262 g/mol. The number of amides is 1. The molecule has 1 aromatic carbocycles. The van der Waals surface area contributed by atoms with Crippen LogP contribution in [-0.4, -0.2) is 13.0 Å². The van der Waals surface area contributed by atoms with Gasteiger partial charge in [-0.2, -0.15) is 0 Å². The van der Waals surface area contributed by atoms with Crippen LogP contribution in [0.3, 0.4) is 0 Å². The van der Waals surface area contributed by atoms with Gasteiger partial charge in [-0.3, -0.25) is 4.79 Å². The Balaban J connectivity index is 2.23. The van der Waals surface area contributed by atoms with Crippen LogP contribution >= 0.6 is 0 Å². The maximum atomic E-state index is 11.9. The average molecular weight is 285 g/mol. The Morgan fingerprint density at radius 2 is 2.10 bits per heavy atom.